The molecule has 2 aromatic carbocycles. The number of aromatic nitrogens is 1. The van der Waals surface area contributed by atoms with Gasteiger partial charge in [0, 0.05) is 24.4 Å². The smallest absolute Gasteiger partial charge is 0.335 e. The van der Waals surface area contributed by atoms with E-state index in [-0.39, 0.29) is 42.3 Å². The fourth-order valence-corrected chi connectivity index (χ4v) is 6.68. The number of nitrogens with zero attached hydrogens (tertiary/aromatic N) is 2. The zero-order valence-electron chi connectivity index (χ0n) is 24.4. The second-order valence-electron chi connectivity index (χ2n) is 11.9. The van der Waals surface area contributed by atoms with E-state index in [9.17, 15) is 24.3 Å². The Balaban J connectivity index is 1.26. The third kappa shape index (κ3) is 6.62. The van der Waals surface area contributed by atoms with Crippen LogP contribution in [0.4, 0.5) is 0 Å². The number of cyclic esters (lactones) is 1. The molecule has 44 heavy (non-hydrogen) atoms. The topological polar surface area (TPSA) is 135 Å². The molecule has 2 N–H and O–H groups in total. The van der Waals surface area contributed by atoms with Crippen molar-refractivity contribution in [1.82, 2.24) is 14.6 Å². The first-order chi connectivity index (χ1) is 21.3. The first-order valence-electron chi connectivity index (χ1n) is 15.1. The van der Waals surface area contributed by atoms with Crippen molar-refractivity contribution in [2.45, 2.75) is 63.0 Å². The van der Waals surface area contributed by atoms with Crippen molar-refractivity contribution in [2.75, 3.05) is 19.7 Å². The van der Waals surface area contributed by atoms with E-state index < -0.39 is 24.0 Å². The molecular formula is C33H35N3O7S. The van der Waals surface area contributed by atoms with Gasteiger partial charge in [0.1, 0.15) is 24.2 Å². The van der Waals surface area contributed by atoms with Gasteiger partial charge in [-0.05, 0) is 91.0 Å². The van der Waals surface area contributed by atoms with Gasteiger partial charge in [0.05, 0.1) is 23.9 Å². The van der Waals surface area contributed by atoms with E-state index in [2.05, 4.69) is 21.8 Å². The van der Waals surface area contributed by atoms with Crippen LogP contribution in [-0.2, 0) is 14.3 Å². The zero-order valence-corrected chi connectivity index (χ0v) is 25.3. The van der Waals surface area contributed by atoms with Gasteiger partial charge in [-0.25, -0.2) is 4.79 Å². The second kappa shape index (κ2) is 12.8. The molecule has 4 atom stereocenters. The maximum Gasteiger partial charge on any atom is 0.335 e. The third-order valence-electron chi connectivity index (χ3n) is 8.69. The number of likely N-dealkylation sites (tertiary alicyclic amines) is 1. The highest BCUT2D eigenvalue weighted by molar-refractivity contribution is 7.03. The predicted molar refractivity (Wildman–Crippen MR) is 162 cm³/mol. The fourth-order valence-electron chi connectivity index (χ4n) is 6.17. The summed E-state index contributed by atoms with van der Waals surface area (Å²) >= 11 is 1.20. The monoisotopic (exact) mass is 617 g/mol. The summed E-state index contributed by atoms with van der Waals surface area (Å²) in [5, 5.41) is 14.8. The number of piperidine rings is 1. The minimum absolute atomic E-state index is 0.0733. The van der Waals surface area contributed by atoms with E-state index in [1.54, 1.807) is 34.5 Å². The quantitative estimate of drug-likeness (QED) is 0.306. The molecule has 2 saturated heterocycles. The number of nitrogens with one attached hydrogen (secondary N) is 1. The molecule has 0 spiro atoms. The second-order valence-corrected chi connectivity index (χ2v) is 12.6. The molecule has 1 aromatic heterocycles. The van der Waals surface area contributed by atoms with Crippen LogP contribution in [-0.4, -0.2) is 63.9 Å². The predicted octanol–water partition coefficient (Wildman–Crippen LogP) is 4.93. The standard InChI is InChI=1S/C33H35N3O7S/c1-19(34-31(38)28-12-14-44-35-28)30(22-8-6-21(7-9-22)20-4-5-20)43-25-10-11-26(33(40)41)27(16-25)23-3-2-13-36(17-23)32(39)24-15-29(37)42-18-24/h6-12,14,16,19-20,23-24,30H,2-5,13,15,17-18H2,1H3,(H,34,38)(H,40,41)/t19-,23+,24+,30-/m0/s1. The molecule has 0 bridgehead atoms. The average Bonchev–Trinajstić information content (AvgIpc) is 3.54. The normalized spacial score (nSPS) is 21.3. The number of carboxylic acids is 1. The summed E-state index contributed by atoms with van der Waals surface area (Å²) in [6, 6.07) is 14.4. The highest BCUT2D eigenvalue weighted by atomic mass is 32.1. The lowest BCUT2D eigenvalue weighted by Crippen LogP contribution is -2.42. The number of rotatable bonds is 10. The Morgan fingerprint density at radius 2 is 1.89 bits per heavy atom. The molecule has 3 heterocycles. The zero-order chi connectivity index (χ0) is 30.8. The maximum atomic E-state index is 13.1. The number of amides is 2. The van der Waals surface area contributed by atoms with Gasteiger partial charge in [-0.3, -0.25) is 14.4 Å². The van der Waals surface area contributed by atoms with Crippen molar-refractivity contribution >= 4 is 35.3 Å². The molecule has 6 rings (SSSR count). The van der Waals surface area contributed by atoms with Crippen LogP contribution >= 0.6 is 11.5 Å². The number of carbonyl (C=O) groups excluding carboxylic acids is 3. The summed E-state index contributed by atoms with van der Waals surface area (Å²) in [6.07, 6.45) is 3.30. The van der Waals surface area contributed by atoms with Crippen molar-refractivity contribution in [2.24, 2.45) is 5.92 Å². The molecule has 3 fully saturated rings. The lowest BCUT2D eigenvalue weighted by molar-refractivity contribution is -0.138. The fraction of sp³-hybridized carbons (Fsp3) is 0.424. The van der Waals surface area contributed by atoms with Crippen LogP contribution in [0.1, 0.15) is 94.5 Å². The Labute approximate surface area is 259 Å². The van der Waals surface area contributed by atoms with Crippen LogP contribution in [0.25, 0.3) is 0 Å². The molecule has 0 unspecified atom stereocenters. The van der Waals surface area contributed by atoms with E-state index >= 15 is 0 Å². The first-order valence-corrected chi connectivity index (χ1v) is 15.9. The summed E-state index contributed by atoms with van der Waals surface area (Å²) in [5.41, 5.74) is 3.25. The lowest BCUT2D eigenvalue weighted by Gasteiger charge is -2.35. The van der Waals surface area contributed by atoms with Gasteiger partial charge in [-0.1, -0.05) is 24.3 Å². The van der Waals surface area contributed by atoms with Gasteiger partial charge in [0.15, 0.2) is 0 Å². The van der Waals surface area contributed by atoms with Gasteiger partial charge < -0.3 is 24.8 Å². The number of carboxylic acid groups (broad SMARTS) is 1. The van der Waals surface area contributed by atoms with Crippen LogP contribution in [0.3, 0.4) is 0 Å². The molecule has 10 nitrogen and oxygen atoms in total. The average molecular weight is 618 g/mol. The summed E-state index contributed by atoms with van der Waals surface area (Å²) in [6.45, 7) is 2.86. The van der Waals surface area contributed by atoms with E-state index in [0.29, 0.717) is 48.9 Å². The SMILES string of the molecule is C[C@H](NC(=O)c1ccsn1)[C@H](Oc1ccc(C(=O)O)c([C@@H]2CCCN(C(=O)[C@H]3COC(=O)C3)C2)c1)c1ccc(C2CC2)cc1. The number of carbonyl (C=O) groups is 4. The van der Waals surface area contributed by atoms with Crippen molar-refractivity contribution in [3.63, 3.8) is 0 Å². The van der Waals surface area contributed by atoms with Crippen LogP contribution in [0.15, 0.2) is 53.9 Å². The Bertz CT molecular complexity index is 1540. The van der Waals surface area contributed by atoms with E-state index in [1.807, 2.05) is 19.1 Å². The Morgan fingerprint density at radius 3 is 2.55 bits per heavy atom. The largest absolute Gasteiger partial charge is 0.484 e. The van der Waals surface area contributed by atoms with E-state index in [4.69, 9.17) is 9.47 Å². The van der Waals surface area contributed by atoms with Crippen LogP contribution in [0.2, 0.25) is 0 Å². The summed E-state index contributed by atoms with van der Waals surface area (Å²) in [4.78, 5) is 51.6. The van der Waals surface area contributed by atoms with Gasteiger partial charge in [0.25, 0.3) is 5.91 Å². The molecule has 11 heteroatoms. The van der Waals surface area contributed by atoms with Crippen LogP contribution in [0, 0.1) is 5.92 Å². The van der Waals surface area contributed by atoms with E-state index in [1.165, 1.54) is 29.9 Å². The number of ether oxygens (including phenoxy) is 2. The van der Waals surface area contributed by atoms with Crippen molar-refractivity contribution in [3.8, 4) is 5.75 Å². The molecular weight excluding hydrogens is 582 g/mol. The highest BCUT2D eigenvalue weighted by Gasteiger charge is 2.36. The van der Waals surface area contributed by atoms with Crippen molar-refractivity contribution in [3.05, 3.63) is 81.9 Å². The molecule has 1 aliphatic carbocycles. The van der Waals surface area contributed by atoms with Crippen LogP contribution < -0.4 is 10.1 Å². The minimum atomic E-state index is -1.05. The number of hydrogen-bond acceptors (Lipinski definition) is 8. The molecule has 3 aromatic rings. The molecule has 0 radical (unpaired) electrons. The van der Waals surface area contributed by atoms with Gasteiger partial charge in [-0.2, -0.15) is 4.37 Å². The summed E-state index contributed by atoms with van der Waals surface area (Å²) in [5.74, 6) is -1.52. The van der Waals surface area contributed by atoms with Gasteiger partial charge in [-0.15, -0.1) is 0 Å². The van der Waals surface area contributed by atoms with Crippen LogP contribution in [0.5, 0.6) is 5.75 Å². The van der Waals surface area contributed by atoms with Crippen molar-refractivity contribution in [1.29, 1.82) is 0 Å². The summed E-state index contributed by atoms with van der Waals surface area (Å²) < 4.78 is 15.7. The minimum Gasteiger partial charge on any atom is -0.484 e. The third-order valence-corrected chi connectivity index (χ3v) is 9.25. The van der Waals surface area contributed by atoms with Gasteiger partial charge in [0.2, 0.25) is 5.91 Å². The Morgan fingerprint density at radius 1 is 1.09 bits per heavy atom. The number of aromatic carboxylic acids is 1. The highest BCUT2D eigenvalue weighted by Crippen LogP contribution is 2.41. The molecule has 2 aliphatic heterocycles. The Kier molecular flexibility index (Phi) is 8.65. The first kappa shape index (κ1) is 29.8. The number of esters is 1. The lowest BCUT2D eigenvalue weighted by atomic mass is 9.86. The summed E-state index contributed by atoms with van der Waals surface area (Å²) in [7, 11) is 0. The Hall–Kier alpha value is -4.25. The molecule has 3 aliphatic rings. The molecule has 2 amide bonds. The van der Waals surface area contributed by atoms with E-state index in [0.717, 1.165) is 5.56 Å². The number of hydrogen-bond donors (Lipinski definition) is 2. The maximum absolute atomic E-state index is 13.1. The number of benzene rings is 2. The van der Waals surface area contributed by atoms with Gasteiger partial charge >= 0.3 is 11.9 Å². The molecule has 230 valence electrons. The van der Waals surface area contributed by atoms with Crippen molar-refractivity contribution < 1.29 is 33.8 Å². The molecule has 1 saturated carbocycles.